The fourth-order valence-corrected chi connectivity index (χ4v) is 6.59. The van der Waals surface area contributed by atoms with E-state index >= 15 is 0 Å². The first-order chi connectivity index (χ1) is 16.5. The van der Waals surface area contributed by atoms with Crippen LogP contribution in [0.15, 0.2) is 47.4 Å². The lowest BCUT2D eigenvalue weighted by molar-refractivity contribution is -0.133. The molecule has 0 N–H and O–H groups in total. The summed E-state index contributed by atoms with van der Waals surface area (Å²) < 4.78 is 33.4. The number of hydrogen-bond acceptors (Lipinski definition) is 5. The third-order valence-electron chi connectivity index (χ3n) is 7.27. The minimum Gasteiger partial charge on any atom is -0.496 e. The van der Waals surface area contributed by atoms with Gasteiger partial charge in [-0.3, -0.25) is 9.69 Å². The number of benzene rings is 2. The number of hydrogen-bond donors (Lipinski definition) is 0. The number of ether oxygens (including phenoxy) is 1. The van der Waals surface area contributed by atoms with Gasteiger partial charge in [-0.25, -0.2) is 8.42 Å². The van der Waals surface area contributed by atoms with Gasteiger partial charge in [-0.2, -0.15) is 4.31 Å². The van der Waals surface area contributed by atoms with Gasteiger partial charge in [0.05, 0.1) is 18.6 Å². The van der Waals surface area contributed by atoms with E-state index in [0.717, 1.165) is 49.0 Å². The molecule has 0 atom stereocenters. The molecule has 1 heterocycles. The number of piperazine rings is 1. The minimum absolute atomic E-state index is 0.0661. The highest BCUT2D eigenvalue weighted by Crippen LogP contribution is 2.31. The van der Waals surface area contributed by atoms with Crippen LogP contribution in [0.5, 0.6) is 5.75 Å². The van der Waals surface area contributed by atoms with Gasteiger partial charge in [0.1, 0.15) is 5.75 Å². The Labute approximate surface area is 202 Å². The van der Waals surface area contributed by atoms with Crippen molar-refractivity contribution >= 4 is 15.9 Å². The fourth-order valence-electron chi connectivity index (χ4n) is 5.12. The predicted molar refractivity (Wildman–Crippen MR) is 130 cm³/mol. The van der Waals surface area contributed by atoms with E-state index < -0.39 is 10.0 Å². The second-order valence-corrected chi connectivity index (χ2v) is 11.5. The molecule has 2 fully saturated rings. The predicted octanol–water partition coefficient (Wildman–Crippen LogP) is 2.68. The summed E-state index contributed by atoms with van der Waals surface area (Å²) in [4.78, 5) is 17.5. The van der Waals surface area contributed by atoms with Crippen molar-refractivity contribution in [3.05, 3.63) is 59.2 Å². The Balaban J connectivity index is 1.20. The van der Waals surface area contributed by atoms with Crippen molar-refractivity contribution in [2.75, 3.05) is 39.8 Å². The molecular formula is C26H33N3O4S. The lowest BCUT2D eigenvalue weighted by Crippen LogP contribution is -2.52. The average molecular weight is 484 g/mol. The standard InChI is InChI=1S/C26H33N3O4S/c1-33-25-8-3-2-5-22(25)18-28(23-10-11-23)19-26(30)27-13-15-29(16-14-27)34(31,32)24-12-9-20-6-4-7-21(20)17-24/h2-3,5,8-9,12,17,23H,4,6-7,10-11,13-16,18-19H2,1H3. The molecule has 1 saturated heterocycles. The molecule has 2 aromatic rings. The quantitative estimate of drug-likeness (QED) is 0.578. The summed E-state index contributed by atoms with van der Waals surface area (Å²) in [6, 6.07) is 13.9. The number of amides is 1. The second kappa shape index (κ2) is 9.68. The topological polar surface area (TPSA) is 70.2 Å². The van der Waals surface area contributed by atoms with E-state index in [-0.39, 0.29) is 5.91 Å². The van der Waals surface area contributed by atoms with E-state index in [4.69, 9.17) is 4.74 Å². The minimum atomic E-state index is -3.54. The van der Waals surface area contributed by atoms with Crippen LogP contribution < -0.4 is 4.74 Å². The number of fused-ring (bicyclic) bond motifs is 1. The highest BCUT2D eigenvalue weighted by atomic mass is 32.2. The van der Waals surface area contributed by atoms with Crippen molar-refractivity contribution in [1.82, 2.24) is 14.1 Å². The van der Waals surface area contributed by atoms with Crippen molar-refractivity contribution in [2.24, 2.45) is 0 Å². The highest BCUT2D eigenvalue weighted by molar-refractivity contribution is 7.89. The van der Waals surface area contributed by atoms with Gasteiger partial charge in [0, 0.05) is 44.3 Å². The summed E-state index contributed by atoms with van der Waals surface area (Å²) >= 11 is 0. The van der Waals surface area contributed by atoms with Crippen molar-refractivity contribution in [3.63, 3.8) is 0 Å². The molecule has 0 radical (unpaired) electrons. The summed E-state index contributed by atoms with van der Waals surface area (Å²) in [5.74, 6) is 0.905. The average Bonchev–Trinajstić information content (AvgIpc) is 3.60. The smallest absolute Gasteiger partial charge is 0.243 e. The molecular weight excluding hydrogens is 450 g/mol. The first-order valence-corrected chi connectivity index (χ1v) is 13.7. The van der Waals surface area contributed by atoms with E-state index in [0.29, 0.717) is 50.2 Å². The number of aryl methyl sites for hydroxylation is 2. The molecule has 182 valence electrons. The number of methoxy groups -OCH3 is 1. The first-order valence-electron chi connectivity index (χ1n) is 12.2. The molecule has 1 aliphatic heterocycles. The largest absolute Gasteiger partial charge is 0.496 e. The molecule has 7 nitrogen and oxygen atoms in total. The van der Waals surface area contributed by atoms with Gasteiger partial charge in [-0.1, -0.05) is 24.3 Å². The fraction of sp³-hybridized carbons (Fsp3) is 0.500. The maximum Gasteiger partial charge on any atom is 0.243 e. The van der Waals surface area contributed by atoms with Crippen LogP contribution in [0.4, 0.5) is 0 Å². The molecule has 5 rings (SSSR count). The summed E-state index contributed by atoms with van der Waals surface area (Å²) in [7, 11) is -1.87. The zero-order valence-electron chi connectivity index (χ0n) is 19.8. The van der Waals surface area contributed by atoms with Crippen LogP contribution >= 0.6 is 0 Å². The Morgan fingerprint density at radius 3 is 2.50 bits per heavy atom. The van der Waals surface area contributed by atoms with Gasteiger partial charge in [-0.15, -0.1) is 0 Å². The van der Waals surface area contributed by atoms with Crippen LogP contribution in [0.3, 0.4) is 0 Å². The molecule has 1 amide bonds. The summed E-state index contributed by atoms with van der Waals surface area (Å²) in [5, 5.41) is 0. The second-order valence-electron chi connectivity index (χ2n) is 9.52. The molecule has 0 unspecified atom stereocenters. The molecule has 34 heavy (non-hydrogen) atoms. The molecule has 2 aromatic carbocycles. The van der Waals surface area contributed by atoms with E-state index in [9.17, 15) is 13.2 Å². The molecule has 2 aliphatic carbocycles. The number of nitrogens with zero attached hydrogens (tertiary/aromatic N) is 3. The van der Waals surface area contributed by atoms with Crippen LogP contribution in [-0.4, -0.2) is 74.3 Å². The van der Waals surface area contributed by atoms with Gasteiger partial charge in [-0.05, 0) is 61.4 Å². The molecule has 8 heteroatoms. The van der Waals surface area contributed by atoms with E-state index in [2.05, 4.69) is 4.90 Å². The van der Waals surface area contributed by atoms with Crippen LogP contribution in [0.1, 0.15) is 36.0 Å². The summed E-state index contributed by atoms with van der Waals surface area (Å²) in [6.45, 7) is 2.54. The zero-order valence-corrected chi connectivity index (χ0v) is 20.6. The molecule has 0 bridgehead atoms. The van der Waals surface area contributed by atoms with Crippen LogP contribution in [0.2, 0.25) is 0 Å². The molecule has 3 aliphatic rings. The zero-order chi connectivity index (χ0) is 23.7. The Morgan fingerprint density at radius 2 is 1.76 bits per heavy atom. The van der Waals surface area contributed by atoms with Gasteiger partial charge >= 0.3 is 0 Å². The monoisotopic (exact) mass is 483 g/mol. The Hall–Kier alpha value is -2.42. The van der Waals surface area contributed by atoms with Gasteiger partial charge in [0.15, 0.2) is 0 Å². The molecule has 0 spiro atoms. The molecule has 0 aromatic heterocycles. The number of sulfonamides is 1. The van der Waals surface area contributed by atoms with Crippen molar-refractivity contribution in [1.29, 1.82) is 0 Å². The number of para-hydroxylation sites is 1. The van der Waals surface area contributed by atoms with Crippen LogP contribution in [0, 0.1) is 0 Å². The van der Waals surface area contributed by atoms with Crippen LogP contribution in [0.25, 0.3) is 0 Å². The maximum absolute atomic E-state index is 13.2. The Bertz CT molecular complexity index is 1150. The van der Waals surface area contributed by atoms with Crippen LogP contribution in [-0.2, 0) is 34.2 Å². The van der Waals surface area contributed by atoms with Gasteiger partial charge in [0.25, 0.3) is 0 Å². The van der Waals surface area contributed by atoms with Crippen molar-refractivity contribution in [3.8, 4) is 5.75 Å². The Morgan fingerprint density at radius 1 is 1.03 bits per heavy atom. The van der Waals surface area contributed by atoms with Gasteiger partial charge in [0.2, 0.25) is 15.9 Å². The van der Waals surface area contributed by atoms with Gasteiger partial charge < -0.3 is 9.64 Å². The van der Waals surface area contributed by atoms with E-state index in [1.165, 1.54) is 9.87 Å². The number of rotatable bonds is 8. The Kier molecular flexibility index (Phi) is 6.64. The number of carbonyl (C=O) groups excluding carboxylic acids is 1. The third kappa shape index (κ3) is 4.85. The maximum atomic E-state index is 13.2. The lowest BCUT2D eigenvalue weighted by atomic mass is 10.1. The number of carbonyl (C=O) groups is 1. The van der Waals surface area contributed by atoms with E-state index in [1.54, 1.807) is 13.2 Å². The lowest BCUT2D eigenvalue weighted by Gasteiger charge is -2.35. The third-order valence-corrected chi connectivity index (χ3v) is 9.16. The summed E-state index contributed by atoms with van der Waals surface area (Å²) in [6.07, 6.45) is 5.29. The molecule has 1 saturated carbocycles. The van der Waals surface area contributed by atoms with Crippen molar-refractivity contribution in [2.45, 2.75) is 49.6 Å². The normalized spacial score (nSPS) is 18.8. The van der Waals surface area contributed by atoms with E-state index in [1.807, 2.05) is 41.3 Å². The summed E-state index contributed by atoms with van der Waals surface area (Å²) in [5.41, 5.74) is 3.50. The highest BCUT2D eigenvalue weighted by Gasteiger charge is 2.34. The SMILES string of the molecule is COc1ccccc1CN(CC(=O)N1CCN(S(=O)(=O)c2ccc3c(c2)CCC3)CC1)C1CC1. The first kappa shape index (κ1) is 23.3. The van der Waals surface area contributed by atoms with Crippen molar-refractivity contribution < 1.29 is 17.9 Å².